The fourth-order valence-electron chi connectivity index (χ4n) is 4.35. The molecule has 0 fully saturated rings. The topological polar surface area (TPSA) is 9.23 Å². The molecule has 4 rings (SSSR count). The van der Waals surface area contributed by atoms with Gasteiger partial charge in [0.05, 0.1) is 11.1 Å². The van der Waals surface area contributed by atoms with Gasteiger partial charge in [-0.1, -0.05) is 49.5 Å². The molecular formula is C35H21F11O. The molecule has 0 aliphatic rings. The van der Waals surface area contributed by atoms with Gasteiger partial charge in [-0.15, -0.1) is 0 Å². The maximum absolute atomic E-state index is 14.8. The molecule has 12 heteroatoms. The molecule has 47 heavy (non-hydrogen) atoms. The molecule has 0 aliphatic carbocycles. The summed E-state index contributed by atoms with van der Waals surface area (Å²) in [5.74, 6) is -1.65. The Morgan fingerprint density at radius 1 is 0.596 bits per heavy atom. The maximum atomic E-state index is 14.8. The number of benzene rings is 4. The van der Waals surface area contributed by atoms with Crippen molar-refractivity contribution in [1.29, 1.82) is 0 Å². The fourth-order valence-corrected chi connectivity index (χ4v) is 4.35. The Morgan fingerprint density at radius 2 is 1.21 bits per heavy atom. The molecule has 0 bridgehead atoms. The standard InChI is InChI=1S/C35H21F11O/c1-2-3-4-5-20-6-10-23(27(36)14-20)11-7-21-9-13-26(30(39)15-21)35(45,46)47-24-18-28(37)25(29(38)19-24)12-8-22-16-31(40)33(32(41)17-22)34(42,43)44/h6,9-10,13-19H,2-5H2,1H3. The smallest absolute Gasteiger partial charge is 0.429 e. The van der Waals surface area contributed by atoms with E-state index in [0.29, 0.717) is 18.6 Å². The Labute approximate surface area is 262 Å². The molecular weight excluding hydrogens is 645 g/mol. The van der Waals surface area contributed by atoms with Crippen molar-refractivity contribution in [2.45, 2.75) is 44.9 Å². The highest BCUT2D eigenvalue weighted by Gasteiger charge is 2.39. The molecule has 0 saturated carbocycles. The molecule has 1 nitrogen and oxygen atoms in total. The third kappa shape index (κ3) is 8.64. The normalized spacial score (nSPS) is 11.4. The van der Waals surface area contributed by atoms with Crippen LogP contribution >= 0.6 is 0 Å². The van der Waals surface area contributed by atoms with E-state index in [1.54, 1.807) is 6.07 Å². The van der Waals surface area contributed by atoms with Crippen LogP contribution in [-0.4, -0.2) is 0 Å². The first-order chi connectivity index (χ1) is 22.1. The van der Waals surface area contributed by atoms with Crippen molar-refractivity contribution < 1.29 is 53.0 Å². The van der Waals surface area contributed by atoms with Crippen LogP contribution in [0.2, 0.25) is 0 Å². The highest BCUT2D eigenvalue weighted by molar-refractivity contribution is 5.48. The summed E-state index contributed by atoms with van der Waals surface area (Å²) < 4.78 is 158. The predicted molar refractivity (Wildman–Crippen MR) is 150 cm³/mol. The number of hydrogen-bond donors (Lipinski definition) is 0. The molecule has 0 heterocycles. The monoisotopic (exact) mass is 666 g/mol. The minimum absolute atomic E-state index is 0.0123. The van der Waals surface area contributed by atoms with E-state index in [2.05, 4.69) is 16.6 Å². The van der Waals surface area contributed by atoms with Crippen molar-refractivity contribution in [1.82, 2.24) is 0 Å². The molecule has 4 aromatic rings. The minimum Gasteiger partial charge on any atom is -0.429 e. The van der Waals surface area contributed by atoms with Gasteiger partial charge in [-0.25, -0.2) is 26.3 Å². The lowest BCUT2D eigenvalue weighted by atomic mass is 10.0. The fraction of sp³-hybridized carbons (Fsp3) is 0.200. The number of rotatable bonds is 7. The Bertz CT molecular complexity index is 1880. The molecule has 0 unspecified atom stereocenters. The van der Waals surface area contributed by atoms with E-state index in [-0.39, 0.29) is 35.4 Å². The predicted octanol–water partition coefficient (Wildman–Crippen LogP) is 10.2. The van der Waals surface area contributed by atoms with Gasteiger partial charge < -0.3 is 4.74 Å². The van der Waals surface area contributed by atoms with Crippen molar-refractivity contribution >= 4 is 0 Å². The molecule has 0 amide bonds. The summed E-state index contributed by atoms with van der Waals surface area (Å²) in [6.45, 7) is 2.04. The number of halogens is 11. The highest BCUT2D eigenvalue weighted by atomic mass is 19.4. The van der Waals surface area contributed by atoms with Crippen molar-refractivity contribution in [2.24, 2.45) is 0 Å². The second-order valence-electron chi connectivity index (χ2n) is 10.2. The second kappa shape index (κ2) is 14.2. The average Bonchev–Trinajstić information content (AvgIpc) is 2.95. The lowest BCUT2D eigenvalue weighted by Crippen LogP contribution is -2.23. The maximum Gasteiger partial charge on any atom is 0.429 e. The van der Waals surface area contributed by atoms with Crippen LogP contribution < -0.4 is 4.74 Å². The molecule has 0 aliphatic heterocycles. The number of alkyl halides is 5. The molecule has 0 saturated heterocycles. The van der Waals surface area contributed by atoms with Crippen LogP contribution in [0, 0.1) is 58.6 Å². The van der Waals surface area contributed by atoms with Crippen molar-refractivity contribution in [3.05, 3.63) is 135 Å². The Kier molecular flexibility index (Phi) is 10.5. The quantitative estimate of drug-likeness (QED) is 0.108. The molecule has 0 N–H and O–H groups in total. The number of aryl methyl sites for hydroxylation is 1. The van der Waals surface area contributed by atoms with Gasteiger partial charge in [-0.2, -0.15) is 22.0 Å². The Morgan fingerprint density at radius 3 is 1.79 bits per heavy atom. The van der Waals surface area contributed by atoms with Gasteiger partial charge in [0.2, 0.25) is 0 Å². The van der Waals surface area contributed by atoms with E-state index in [9.17, 15) is 48.3 Å². The molecule has 0 spiro atoms. The Balaban J connectivity index is 1.51. The third-order valence-corrected chi connectivity index (χ3v) is 6.65. The van der Waals surface area contributed by atoms with E-state index in [0.717, 1.165) is 30.9 Å². The largest absolute Gasteiger partial charge is 0.429 e. The van der Waals surface area contributed by atoms with Gasteiger partial charge in [0.15, 0.2) is 0 Å². The van der Waals surface area contributed by atoms with Gasteiger partial charge in [-0.3, -0.25) is 0 Å². The van der Waals surface area contributed by atoms with Crippen LogP contribution in [0.15, 0.2) is 60.7 Å². The van der Waals surface area contributed by atoms with E-state index in [1.165, 1.54) is 12.1 Å². The lowest BCUT2D eigenvalue weighted by molar-refractivity contribution is -0.187. The molecule has 0 aromatic heterocycles. The number of hydrogen-bond acceptors (Lipinski definition) is 1. The summed E-state index contributed by atoms with van der Waals surface area (Å²) in [6, 6.07) is 7.72. The first kappa shape index (κ1) is 34.9. The van der Waals surface area contributed by atoms with Crippen LogP contribution in [0.5, 0.6) is 5.75 Å². The van der Waals surface area contributed by atoms with Gasteiger partial charge in [0.1, 0.15) is 51.8 Å². The van der Waals surface area contributed by atoms with Gasteiger partial charge in [0.25, 0.3) is 0 Å². The summed E-state index contributed by atoms with van der Waals surface area (Å²) in [5.41, 5.74) is -4.58. The van der Waals surface area contributed by atoms with E-state index >= 15 is 0 Å². The number of unbranched alkanes of at least 4 members (excludes halogenated alkanes) is 2. The number of ether oxygens (including phenoxy) is 1. The summed E-state index contributed by atoms with van der Waals surface area (Å²) in [4.78, 5) is 0. The summed E-state index contributed by atoms with van der Waals surface area (Å²) in [7, 11) is 0. The molecule has 0 atom stereocenters. The third-order valence-electron chi connectivity index (χ3n) is 6.65. The first-order valence-electron chi connectivity index (χ1n) is 13.8. The van der Waals surface area contributed by atoms with Crippen molar-refractivity contribution in [3.63, 3.8) is 0 Å². The van der Waals surface area contributed by atoms with E-state index < -0.39 is 75.2 Å². The van der Waals surface area contributed by atoms with Crippen LogP contribution in [-0.2, 0) is 18.7 Å². The minimum atomic E-state index is -5.35. The second-order valence-corrected chi connectivity index (χ2v) is 10.2. The van der Waals surface area contributed by atoms with Crippen LogP contribution in [0.4, 0.5) is 48.3 Å². The van der Waals surface area contributed by atoms with Crippen molar-refractivity contribution in [2.75, 3.05) is 0 Å². The highest BCUT2D eigenvalue weighted by Crippen LogP contribution is 2.36. The zero-order chi connectivity index (χ0) is 34.5. The summed E-state index contributed by atoms with van der Waals surface area (Å²) in [5, 5.41) is 0. The zero-order valence-corrected chi connectivity index (χ0v) is 24.2. The molecule has 0 radical (unpaired) electrons. The van der Waals surface area contributed by atoms with Crippen molar-refractivity contribution in [3.8, 4) is 29.4 Å². The summed E-state index contributed by atoms with van der Waals surface area (Å²) in [6.07, 6.45) is -6.22. The average molecular weight is 667 g/mol. The zero-order valence-electron chi connectivity index (χ0n) is 24.2. The Hall–Kier alpha value is -4.97. The van der Waals surface area contributed by atoms with E-state index in [4.69, 9.17) is 0 Å². The van der Waals surface area contributed by atoms with Crippen LogP contribution in [0.3, 0.4) is 0 Å². The SMILES string of the molecule is CCCCCc1ccc(C#Cc2ccc(C(F)(F)Oc3cc(F)c(C#Cc4cc(F)c(C(F)(F)F)c(F)c4)c(F)c3)c(F)c2)c(F)c1. The van der Waals surface area contributed by atoms with Gasteiger partial charge in [-0.05, 0) is 60.9 Å². The van der Waals surface area contributed by atoms with E-state index in [1.807, 2.05) is 18.8 Å². The first-order valence-corrected chi connectivity index (χ1v) is 13.8. The lowest BCUT2D eigenvalue weighted by Gasteiger charge is -2.19. The molecule has 4 aromatic carbocycles. The summed E-state index contributed by atoms with van der Waals surface area (Å²) >= 11 is 0. The van der Waals surface area contributed by atoms with Crippen LogP contribution in [0.25, 0.3) is 0 Å². The molecule has 244 valence electrons. The van der Waals surface area contributed by atoms with Gasteiger partial charge >= 0.3 is 12.3 Å². The van der Waals surface area contributed by atoms with Gasteiger partial charge in [0, 0.05) is 23.3 Å². The van der Waals surface area contributed by atoms with Crippen LogP contribution in [0.1, 0.15) is 65.1 Å².